The number of carbonyl (C=O) groups is 2. The molecule has 0 saturated carbocycles. The van der Waals surface area contributed by atoms with Gasteiger partial charge in [-0.25, -0.2) is 0 Å². The summed E-state index contributed by atoms with van der Waals surface area (Å²) >= 11 is 0. The van der Waals surface area contributed by atoms with Crippen molar-refractivity contribution in [1.29, 1.82) is 0 Å². The molecule has 110 valence electrons. The van der Waals surface area contributed by atoms with Gasteiger partial charge in [-0.05, 0) is 43.9 Å². The highest BCUT2D eigenvalue weighted by molar-refractivity contribution is 5.94. The molecule has 0 aliphatic heterocycles. The standard InChI is InChI=1S/C16H23NO3/c1-5-16(6-2,15(19)20)10-14(18)17-13-9-7-8-11(3)12(13)4/h7-9H,5-6,10H2,1-4H3,(H,17,18)(H,19,20). The molecule has 0 unspecified atom stereocenters. The molecule has 1 aromatic rings. The van der Waals surface area contributed by atoms with E-state index in [1.165, 1.54) is 0 Å². The average molecular weight is 277 g/mol. The molecule has 0 bridgehead atoms. The lowest BCUT2D eigenvalue weighted by atomic mass is 9.79. The van der Waals surface area contributed by atoms with Crippen molar-refractivity contribution in [3.8, 4) is 0 Å². The van der Waals surface area contributed by atoms with E-state index in [4.69, 9.17) is 0 Å². The highest BCUT2D eigenvalue weighted by Gasteiger charge is 2.37. The third kappa shape index (κ3) is 3.38. The van der Waals surface area contributed by atoms with Crippen LogP contribution in [0.4, 0.5) is 5.69 Å². The predicted octanol–water partition coefficient (Wildman–Crippen LogP) is 3.52. The summed E-state index contributed by atoms with van der Waals surface area (Å²) in [6.45, 7) is 7.53. The zero-order valence-electron chi connectivity index (χ0n) is 12.6. The minimum Gasteiger partial charge on any atom is -0.481 e. The van der Waals surface area contributed by atoms with Crippen LogP contribution in [0.15, 0.2) is 18.2 Å². The van der Waals surface area contributed by atoms with Gasteiger partial charge in [0, 0.05) is 12.1 Å². The van der Waals surface area contributed by atoms with Crippen LogP contribution in [0.3, 0.4) is 0 Å². The second-order valence-corrected chi connectivity index (χ2v) is 5.27. The molecule has 0 aliphatic rings. The lowest BCUT2D eigenvalue weighted by Gasteiger charge is -2.26. The van der Waals surface area contributed by atoms with Crippen LogP contribution in [0.1, 0.15) is 44.2 Å². The first-order valence-corrected chi connectivity index (χ1v) is 6.95. The van der Waals surface area contributed by atoms with E-state index < -0.39 is 11.4 Å². The number of carbonyl (C=O) groups excluding carboxylic acids is 1. The Hall–Kier alpha value is -1.84. The topological polar surface area (TPSA) is 66.4 Å². The molecule has 0 atom stereocenters. The summed E-state index contributed by atoms with van der Waals surface area (Å²) in [4.78, 5) is 23.6. The largest absolute Gasteiger partial charge is 0.481 e. The molecule has 1 amide bonds. The Morgan fingerprint density at radius 1 is 1.20 bits per heavy atom. The summed E-state index contributed by atoms with van der Waals surface area (Å²) in [5.74, 6) is -1.15. The summed E-state index contributed by atoms with van der Waals surface area (Å²) in [6, 6.07) is 5.69. The maximum atomic E-state index is 12.1. The summed E-state index contributed by atoms with van der Waals surface area (Å²) in [6.07, 6.45) is 0.890. The van der Waals surface area contributed by atoms with Gasteiger partial charge in [-0.3, -0.25) is 9.59 Å². The van der Waals surface area contributed by atoms with Gasteiger partial charge < -0.3 is 10.4 Å². The van der Waals surface area contributed by atoms with Crippen LogP contribution < -0.4 is 5.32 Å². The van der Waals surface area contributed by atoms with Crippen molar-refractivity contribution in [2.24, 2.45) is 5.41 Å². The molecule has 1 aromatic carbocycles. The zero-order chi connectivity index (χ0) is 15.3. The van der Waals surface area contributed by atoms with Crippen LogP contribution in [-0.2, 0) is 9.59 Å². The Morgan fingerprint density at radius 2 is 1.80 bits per heavy atom. The van der Waals surface area contributed by atoms with Crippen LogP contribution in [-0.4, -0.2) is 17.0 Å². The molecule has 0 fully saturated rings. The normalized spacial score (nSPS) is 11.2. The second kappa shape index (κ2) is 6.55. The number of hydrogen-bond donors (Lipinski definition) is 2. The number of amides is 1. The molecule has 0 saturated heterocycles. The van der Waals surface area contributed by atoms with Gasteiger partial charge in [0.15, 0.2) is 0 Å². The molecular weight excluding hydrogens is 254 g/mol. The van der Waals surface area contributed by atoms with E-state index in [9.17, 15) is 14.7 Å². The maximum absolute atomic E-state index is 12.1. The first-order chi connectivity index (χ1) is 9.36. The summed E-state index contributed by atoms with van der Waals surface area (Å²) in [5, 5.41) is 12.2. The molecule has 0 radical (unpaired) electrons. The monoisotopic (exact) mass is 277 g/mol. The average Bonchev–Trinajstić information content (AvgIpc) is 2.41. The number of hydrogen-bond acceptors (Lipinski definition) is 2. The number of nitrogens with one attached hydrogen (secondary N) is 1. The van der Waals surface area contributed by atoms with Gasteiger partial charge >= 0.3 is 5.97 Å². The second-order valence-electron chi connectivity index (χ2n) is 5.27. The van der Waals surface area contributed by atoms with Crippen molar-refractivity contribution in [2.45, 2.75) is 47.0 Å². The quantitative estimate of drug-likeness (QED) is 0.836. The fourth-order valence-corrected chi connectivity index (χ4v) is 2.27. The van der Waals surface area contributed by atoms with E-state index in [-0.39, 0.29) is 12.3 Å². The lowest BCUT2D eigenvalue weighted by Crippen LogP contribution is -2.34. The smallest absolute Gasteiger partial charge is 0.310 e. The van der Waals surface area contributed by atoms with Crippen LogP contribution in [0.2, 0.25) is 0 Å². The van der Waals surface area contributed by atoms with Gasteiger partial charge in [-0.1, -0.05) is 26.0 Å². The summed E-state index contributed by atoms with van der Waals surface area (Å²) in [5.41, 5.74) is 1.89. The fourth-order valence-electron chi connectivity index (χ4n) is 2.27. The van der Waals surface area contributed by atoms with E-state index >= 15 is 0 Å². The molecule has 0 aliphatic carbocycles. The zero-order valence-corrected chi connectivity index (χ0v) is 12.6. The fraction of sp³-hybridized carbons (Fsp3) is 0.500. The van der Waals surface area contributed by atoms with Gasteiger partial charge in [-0.2, -0.15) is 0 Å². The molecule has 4 heteroatoms. The first kappa shape index (κ1) is 16.2. The highest BCUT2D eigenvalue weighted by atomic mass is 16.4. The minimum atomic E-state index is -0.970. The molecule has 0 heterocycles. The Kier molecular flexibility index (Phi) is 5.31. The van der Waals surface area contributed by atoms with Crippen molar-refractivity contribution >= 4 is 17.6 Å². The van der Waals surface area contributed by atoms with E-state index in [0.717, 1.165) is 16.8 Å². The number of aliphatic carboxylic acids is 1. The summed E-state index contributed by atoms with van der Waals surface area (Å²) < 4.78 is 0. The first-order valence-electron chi connectivity index (χ1n) is 6.95. The molecule has 1 rings (SSSR count). The van der Waals surface area contributed by atoms with Crippen molar-refractivity contribution in [2.75, 3.05) is 5.32 Å². The van der Waals surface area contributed by atoms with Crippen molar-refractivity contribution < 1.29 is 14.7 Å². The van der Waals surface area contributed by atoms with E-state index in [1.807, 2.05) is 45.9 Å². The number of carboxylic acid groups (broad SMARTS) is 1. The Balaban J connectivity index is 2.86. The van der Waals surface area contributed by atoms with Crippen LogP contribution in [0, 0.1) is 19.3 Å². The SMILES string of the molecule is CCC(CC)(CC(=O)Nc1cccc(C)c1C)C(=O)O. The van der Waals surface area contributed by atoms with Crippen molar-refractivity contribution in [3.63, 3.8) is 0 Å². The van der Waals surface area contributed by atoms with E-state index in [1.54, 1.807) is 0 Å². The molecule has 4 nitrogen and oxygen atoms in total. The van der Waals surface area contributed by atoms with E-state index in [0.29, 0.717) is 12.8 Å². The van der Waals surface area contributed by atoms with Gasteiger partial charge in [0.1, 0.15) is 0 Å². The van der Waals surface area contributed by atoms with Crippen LogP contribution in [0.25, 0.3) is 0 Å². The summed E-state index contributed by atoms with van der Waals surface area (Å²) in [7, 11) is 0. The Labute approximate surface area is 120 Å². The third-order valence-corrected chi connectivity index (χ3v) is 4.18. The number of aryl methyl sites for hydroxylation is 1. The maximum Gasteiger partial charge on any atom is 0.310 e. The number of anilines is 1. The lowest BCUT2D eigenvalue weighted by molar-refractivity contribution is -0.151. The van der Waals surface area contributed by atoms with Gasteiger partial charge in [-0.15, -0.1) is 0 Å². The van der Waals surface area contributed by atoms with Gasteiger partial charge in [0.2, 0.25) is 5.91 Å². The van der Waals surface area contributed by atoms with Gasteiger partial charge in [0.05, 0.1) is 5.41 Å². The van der Waals surface area contributed by atoms with Crippen LogP contribution >= 0.6 is 0 Å². The molecule has 0 spiro atoms. The third-order valence-electron chi connectivity index (χ3n) is 4.18. The Bertz CT molecular complexity index is 504. The molecule has 20 heavy (non-hydrogen) atoms. The molecular formula is C16H23NO3. The number of benzene rings is 1. The highest BCUT2D eigenvalue weighted by Crippen LogP contribution is 2.31. The van der Waals surface area contributed by atoms with Crippen molar-refractivity contribution in [1.82, 2.24) is 0 Å². The van der Waals surface area contributed by atoms with Gasteiger partial charge in [0.25, 0.3) is 0 Å². The van der Waals surface area contributed by atoms with E-state index in [2.05, 4.69) is 5.32 Å². The minimum absolute atomic E-state index is 0.00269. The Morgan fingerprint density at radius 3 is 2.30 bits per heavy atom. The van der Waals surface area contributed by atoms with Crippen molar-refractivity contribution in [3.05, 3.63) is 29.3 Å². The molecule has 2 N–H and O–H groups in total. The predicted molar refractivity (Wildman–Crippen MR) is 79.8 cm³/mol. The number of carboxylic acids is 1. The van der Waals surface area contributed by atoms with Crippen LogP contribution in [0.5, 0.6) is 0 Å². The molecule has 0 aromatic heterocycles. The number of rotatable bonds is 6.